The minimum Gasteiger partial charge on any atom is -0.325 e. The number of hydrogen-bond acceptors (Lipinski definition) is 3. The number of carbonyl (C=O) groups excluding carboxylic acids is 1. The minimum atomic E-state index is -0.116. The van der Waals surface area contributed by atoms with E-state index in [1.807, 2.05) is 49.1 Å². The SMILES string of the molecule is CCSCC[C@H](NC)C(=O)Nc1ccccc1. The molecule has 0 bridgehead atoms. The van der Waals surface area contributed by atoms with Gasteiger partial charge in [-0.15, -0.1) is 0 Å². The molecule has 0 aliphatic rings. The predicted molar refractivity (Wildman–Crippen MR) is 75.5 cm³/mol. The fourth-order valence-electron chi connectivity index (χ4n) is 1.50. The Bertz CT molecular complexity index is 329. The van der Waals surface area contributed by atoms with E-state index in [-0.39, 0.29) is 11.9 Å². The van der Waals surface area contributed by atoms with E-state index in [1.54, 1.807) is 0 Å². The van der Waals surface area contributed by atoms with Gasteiger partial charge in [0, 0.05) is 5.69 Å². The third kappa shape index (κ3) is 5.24. The van der Waals surface area contributed by atoms with Crippen LogP contribution in [-0.2, 0) is 4.79 Å². The van der Waals surface area contributed by atoms with E-state index in [0.717, 1.165) is 23.6 Å². The third-order valence-corrected chi connectivity index (χ3v) is 3.39. The predicted octanol–water partition coefficient (Wildman–Crippen LogP) is 2.36. The molecular weight excluding hydrogens is 232 g/mol. The van der Waals surface area contributed by atoms with E-state index in [0.29, 0.717) is 0 Å². The summed E-state index contributed by atoms with van der Waals surface area (Å²) >= 11 is 1.86. The van der Waals surface area contributed by atoms with Crippen LogP contribution in [0.4, 0.5) is 5.69 Å². The van der Waals surface area contributed by atoms with Crippen molar-refractivity contribution in [1.82, 2.24) is 5.32 Å². The molecule has 0 saturated heterocycles. The molecule has 1 aromatic carbocycles. The van der Waals surface area contributed by atoms with E-state index in [1.165, 1.54) is 0 Å². The number of thioether (sulfide) groups is 1. The lowest BCUT2D eigenvalue weighted by Crippen LogP contribution is -2.38. The van der Waals surface area contributed by atoms with Gasteiger partial charge >= 0.3 is 0 Å². The van der Waals surface area contributed by atoms with Crippen LogP contribution in [0.2, 0.25) is 0 Å². The van der Waals surface area contributed by atoms with Gasteiger partial charge in [0.15, 0.2) is 0 Å². The Hall–Kier alpha value is -1.00. The smallest absolute Gasteiger partial charge is 0.241 e. The molecule has 1 amide bonds. The number of hydrogen-bond donors (Lipinski definition) is 2. The summed E-state index contributed by atoms with van der Waals surface area (Å²) in [5, 5.41) is 5.96. The van der Waals surface area contributed by atoms with Gasteiger partial charge in [0.2, 0.25) is 5.91 Å². The number of likely N-dealkylation sites (N-methyl/N-ethyl adjacent to an activating group) is 1. The number of amides is 1. The van der Waals surface area contributed by atoms with Gasteiger partial charge in [-0.25, -0.2) is 0 Å². The summed E-state index contributed by atoms with van der Waals surface area (Å²) in [5.41, 5.74) is 0.848. The molecule has 1 rings (SSSR count). The Labute approximate surface area is 107 Å². The van der Waals surface area contributed by atoms with Gasteiger partial charge in [-0.1, -0.05) is 25.1 Å². The van der Waals surface area contributed by atoms with Crippen LogP contribution >= 0.6 is 11.8 Å². The van der Waals surface area contributed by atoms with Crippen molar-refractivity contribution in [1.29, 1.82) is 0 Å². The molecule has 0 radical (unpaired) electrons. The van der Waals surface area contributed by atoms with Crippen molar-refractivity contribution in [2.75, 3.05) is 23.9 Å². The van der Waals surface area contributed by atoms with Crippen LogP contribution < -0.4 is 10.6 Å². The summed E-state index contributed by atoms with van der Waals surface area (Å²) in [4.78, 5) is 12.0. The second kappa shape index (κ2) is 8.14. The first-order chi connectivity index (χ1) is 8.27. The Kier molecular flexibility index (Phi) is 6.74. The van der Waals surface area contributed by atoms with Gasteiger partial charge in [0.05, 0.1) is 6.04 Å². The summed E-state index contributed by atoms with van der Waals surface area (Å²) < 4.78 is 0. The summed E-state index contributed by atoms with van der Waals surface area (Å²) in [6.07, 6.45) is 0.855. The van der Waals surface area contributed by atoms with Gasteiger partial charge in [-0.3, -0.25) is 4.79 Å². The molecule has 0 aliphatic carbocycles. The molecule has 17 heavy (non-hydrogen) atoms. The van der Waals surface area contributed by atoms with Crippen LogP contribution in [0.3, 0.4) is 0 Å². The third-order valence-electron chi connectivity index (χ3n) is 2.46. The maximum absolute atomic E-state index is 12.0. The van der Waals surface area contributed by atoms with E-state index in [4.69, 9.17) is 0 Å². The van der Waals surface area contributed by atoms with Gasteiger partial charge in [-0.2, -0.15) is 11.8 Å². The van der Waals surface area contributed by atoms with Crippen molar-refractivity contribution in [3.05, 3.63) is 30.3 Å². The molecule has 94 valence electrons. The Morgan fingerprint density at radius 1 is 1.35 bits per heavy atom. The molecule has 1 atom stereocenters. The van der Waals surface area contributed by atoms with E-state index >= 15 is 0 Å². The first-order valence-corrected chi connectivity index (χ1v) is 7.04. The van der Waals surface area contributed by atoms with Crippen molar-refractivity contribution in [2.24, 2.45) is 0 Å². The number of para-hydroxylation sites is 1. The zero-order valence-electron chi connectivity index (χ0n) is 10.4. The topological polar surface area (TPSA) is 41.1 Å². The fourth-order valence-corrected chi connectivity index (χ4v) is 2.19. The lowest BCUT2D eigenvalue weighted by Gasteiger charge is -2.15. The van der Waals surface area contributed by atoms with Crippen molar-refractivity contribution < 1.29 is 4.79 Å². The van der Waals surface area contributed by atoms with Crippen LogP contribution in [0, 0.1) is 0 Å². The van der Waals surface area contributed by atoms with Crippen molar-refractivity contribution in [3.8, 4) is 0 Å². The highest BCUT2D eigenvalue weighted by Crippen LogP contribution is 2.08. The molecule has 0 saturated carbocycles. The van der Waals surface area contributed by atoms with Gasteiger partial charge in [-0.05, 0) is 37.1 Å². The highest BCUT2D eigenvalue weighted by atomic mass is 32.2. The van der Waals surface area contributed by atoms with Gasteiger partial charge in [0.25, 0.3) is 0 Å². The summed E-state index contributed by atoms with van der Waals surface area (Å²) in [5.74, 6) is 2.14. The van der Waals surface area contributed by atoms with E-state index < -0.39 is 0 Å². The maximum Gasteiger partial charge on any atom is 0.241 e. The van der Waals surface area contributed by atoms with Crippen molar-refractivity contribution in [2.45, 2.75) is 19.4 Å². The zero-order chi connectivity index (χ0) is 12.5. The second-order valence-electron chi connectivity index (χ2n) is 3.68. The number of nitrogens with one attached hydrogen (secondary N) is 2. The fraction of sp³-hybridized carbons (Fsp3) is 0.462. The lowest BCUT2D eigenvalue weighted by atomic mass is 10.2. The normalized spacial score (nSPS) is 12.1. The molecule has 0 fully saturated rings. The molecule has 0 aromatic heterocycles. The Morgan fingerprint density at radius 2 is 2.06 bits per heavy atom. The number of carbonyl (C=O) groups is 1. The van der Waals surface area contributed by atoms with Crippen LogP contribution in [0.1, 0.15) is 13.3 Å². The average Bonchev–Trinajstić information content (AvgIpc) is 2.36. The van der Waals surface area contributed by atoms with Crippen molar-refractivity contribution in [3.63, 3.8) is 0 Å². The van der Waals surface area contributed by atoms with Crippen LogP contribution in [0.15, 0.2) is 30.3 Å². The van der Waals surface area contributed by atoms with Crippen LogP contribution in [0.25, 0.3) is 0 Å². The van der Waals surface area contributed by atoms with Gasteiger partial charge in [0.1, 0.15) is 0 Å². The summed E-state index contributed by atoms with van der Waals surface area (Å²) in [6.45, 7) is 2.13. The lowest BCUT2D eigenvalue weighted by molar-refractivity contribution is -0.118. The number of anilines is 1. The Morgan fingerprint density at radius 3 is 2.65 bits per heavy atom. The van der Waals surface area contributed by atoms with Gasteiger partial charge < -0.3 is 10.6 Å². The molecule has 2 N–H and O–H groups in total. The first kappa shape index (κ1) is 14.1. The monoisotopic (exact) mass is 252 g/mol. The standard InChI is InChI=1S/C13H20N2OS/c1-3-17-10-9-12(14-2)13(16)15-11-7-5-4-6-8-11/h4-8,12,14H,3,9-10H2,1-2H3,(H,15,16)/t12-/m0/s1. The second-order valence-corrected chi connectivity index (χ2v) is 5.08. The molecule has 0 unspecified atom stereocenters. The molecule has 0 spiro atoms. The van der Waals surface area contributed by atoms with Crippen LogP contribution in [-0.4, -0.2) is 30.5 Å². The zero-order valence-corrected chi connectivity index (χ0v) is 11.2. The first-order valence-electron chi connectivity index (χ1n) is 5.88. The molecular formula is C13H20N2OS. The summed E-state index contributed by atoms with van der Waals surface area (Å²) in [7, 11) is 1.83. The highest BCUT2D eigenvalue weighted by molar-refractivity contribution is 7.99. The Balaban J connectivity index is 2.43. The van der Waals surface area contributed by atoms with E-state index in [9.17, 15) is 4.79 Å². The average molecular weight is 252 g/mol. The number of rotatable bonds is 7. The molecule has 0 aliphatic heterocycles. The molecule has 1 aromatic rings. The highest BCUT2D eigenvalue weighted by Gasteiger charge is 2.15. The molecule has 3 nitrogen and oxygen atoms in total. The molecule has 0 heterocycles. The molecule has 4 heteroatoms. The largest absolute Gasteiger partial charge is 0.325 e. The van der Waals surface area contributed by atoms with E-state index in [2.05, 4.69) is 17.6 Å². The number of benzene rings is 1. The maximum atomic E-state index is 12.0. The quantitative estimate of drug-likeness (QED) is 0.732. The summed E-state index contributed by atoms with van der Waals surface area (Å²) in [6, 6.07) is 9.43. The minimum absolute atomic E-state index is 0.0374. The van der Waals surface area contributed by atoms with Crippen LogP contribution in [0.5, 0.6) is 0 Å². The van der Waals surface area contributed by atoms with Crippen molar-refractivity contribution >= 4 is 23.4 Å².